The first-order valence-electron chi connectivity index (χ1n) is 6.76. The monoisotopic (exact) mass is 289 g/mol. The lowest BCUT2D eigenvalue weighted by Gasteiger charge is -2.12. The van der Waals surface area contributed by atoms with Crippen molar-refractivity contribution >= 4 is 5.82 Å². The molecule has 2 rings (SSSR count). The molecule has 1 aromatic heterocycles. The van der Waals surface area contributed by atoms with Crippen LogP contribution >= 0.6 is 0 Å². The number of anilines is 1. The van der Waals surface area contributed by atoms with Crippen LogP contribution in [-0.2, 0) is 17.9 Å². The van der Waals surface area contributed by atoms with Crippen LogP contribution < -0.4 is 15.6 Å². The summed E-state index contributed by atoms with van der Waals surface area (Å²) in [6.07, 6.45) is 1.35. The Morgan fingerprint density at radius 3 is 2.76 bits per heavy atom. The third-order valence-electron chi connectivity index (χ3n) is 3.04. The average molecular weight is 289 g/mol. The molecule has 0 aliphatic rings. The van der Waals surface area contributed by atoms with Gasteiger partial charge in [0.2, 0.25) is 5.75 Å². The van der Waals surface area contributed by atoms with Crippen LogP contribution in [0.25, 0.3) is 0 Å². The number of H-pyrrole nitrogens is 1. The summed E-state index contributed by atoms with van der Waals surface area (Å²) in [4.78, 5) is 18.2. The second-order valence-electron chi connectivity index (χ2n) is 4.37. The van der Waals surface area contributed by atoms with Gasteiger partial charge in [0.15, 0.2) is 5.82 Å². The number of rotatable bonds is 7. The van der Waals surface area contributed by atoms with E-state index in [-0.39, 0.29) is 11.3 Å². The van der Waals surface area contributed by atoms with E-state index in [4.69, 9.17) is 9.47 Å². The SMILES string of the molecule is CCOCc1ccccc1CNc1nc[nH]c(=O)c1OC. The summed E-state index contributed by atoms with van der Waals surface area (Å²) < 4.78 is 10.5. The molecular weight excluding hydrogens is 270 g/mol. The van der Waals surface area contributed by atoms with Crippen LogP contribution in [0.1, 0.15) is 18.1 Å². The Balaban J connectivity index is 2.13. The van der Waals surface area contributed by atoms with Crippen molar-refractivity contribution in [3.8, 4) is 5.75 Å². The molecule has 1 heterocycles. The lowest BCUT2D eigenvalue weighted by molar-refractivity contribution is 0.133. The summed E-state index contributed by atoms with van der Waals surface area (Å²) >= 11 is 0. The van der Waals surface area contributed by atoms with Crippen molar-refractivity contribution in [2.24, 2.45) is 0 Å². The fourth-order valence-electron chi connectivity index (χ4n) is 1.96. The fraction of sp³-hybridized carbons (Fsp3) is 0.333. The third-order valence-corrected chi connectivity index (χ3v) is 3.04. The molecule has 2 N–H and O–H groups in total. The highest BCUT2D eigenvalue weighted by Gasteiger charge is 2.09. The number of hydrogen-bond acceptors (Lipinski definition) is 5. The summed E-state index contributed by atoms with van der Waals surface area (Å²) in [5.41, 5.74) is 1.89. The highest BCUT2D eigenvalue weighted by molar-refractivity contribution is 5.48. The Labute approximate surface area is 123 Å². The summed E-state index contributed by atoms with van der Waals surface area (Å²) in [5, 5.41) is 3.13. The topological polar surface area (TPSA) is 76.2 Å². The van der Waals surface area contributed by atoms with Gasteiger partial charge in [0.05, 0.1) is 20.0 Å². The number of aromatic amines is 1. The van der Waals surface area contributed by atoms with Crippen molar-refractivity contribution in [3.63, 3.8) is 0 Å². The molecule has 0 unspecified atom stereocenters. The van der Waals surface area contributed by atoms with Crippen molar-refractivity contribution in [2.45, 2.75) is 20.1 Å². The summed E-state index contributed by atoms with van der Waals surface area (Å²) in [5.74, 6) is 0.604. The van der Waals surface area contributed by atoms with Gasteiger partial charge in [0, 0.05) is 13.2 Å². The Kier molecular flexibility index (Phi) is 5.34. The maximum absolute atomic E-state index is 11.6. The van der Waals surface area contributed by atoms with Gasteiger partial charge >= 0.3 is 0 Å². The van der Waals surface area contributed by atoms with Gasteiger partial charge in [-0.3, -0.25) is 4.79 Å². The van der Waals surface area contributed by atoms with Crippen molar-refractivity contribution in [1.82, 2.24) is 9.97 Å². The molecule has 0 spiro atoms. The van der Waals surface area contributed by atoms with Gasteiger partial charge in [0.25, 0.3) is 5.56 Å². The molecule has 0 atom stereocenters. The van der Waals surface area contributed by atoms with Gasteiger partial charge in [-0.25, -0.2) is 4.98 Å². The van der Waals surface area contributed by atoms with Crippen molar-refractivity contribution in [2.75, 3.05) is 19.0 Å². The van der Waals surface area contributed by atoms with Crippen LogP contribution in [0.3, 0.4) is 0 Å². The number of aromatic nitrogens is 2. The normalized spacial score (nSPS) is 10.4. The predicted molar refractivity (Wildman–Crippen MR) is 80.5 cm³/mol. The minimum absolute atomic E-state index is 0.180. The number of benzene rings is 1. The summed E-state index contributed by atoms with van der Waals surface area (Å²) in [6.45, 7) is 3.74. The Hall–Kier alpha value is -2.34. The third kappa shape index (κ3) is 3.82. The zero-order valence-corrected chi connectivity index (χ0v) is 12.2. The van der Waals surface area contributed by atoms with Gasteiger partial charge in [-0.15, -0.1) is 0 Å². The lowest BCUT2D eigenvalue weighted by Crippen LogP contribution is -2.14. The zero-order valence-electron chi connectivity index (χ0n) is 12.2. The number of hydrogen-bond donors (Lipinski definition) is 2. The maximum Gasteiger partial charge on any atom is 0.295 e. The lowest BCUT2D eigenvalue weighted by atomic mass is 10.1. The summed E-state index contributed by atoms with van der Waals surface area (Å²) in [7, 11) is 1.44. The van der Waals surface area contributed by atoms with Gasteiger partial charge < -0.3 is 19.8 Å². The van der Waals surface area contributed by atoms with Gasteiger partial charge in [-0.2, -0.15) is 0 Å². The Bertz CT molecular complexity index is 640. The van der Waals surface area contributed by atoms with Crippen LogP contribution in [0.4, 0.5) is 5.82 Å². The average Bonchev–Trinajstić information content (AvgIpc) is 2.51. The fourth-order valence-corrected chi connectivity index (χ4v) is 1.96. The predicted octanol–water partition coefficient (Wildman–Crippen LogP) is 1.93. The second kappa shape index (κ2) is 7.44. The quantitative estimate of drug-likeness (QED) is 0.814. The van der Waals surface area contributed by atoms with Crippen molar-refractivity contribution in [3.05, 3.63) is 52.1 Å². The number of methoxy groups -OCH3 is 1. The highest BCUT2D eigenvalue weighted by Crippen LogP contribution is 2.17. The molecule has 112 valence electrons. The Morgan fingerprint density at radius 1 is 1.29 bits per heavy atom. The molecule has 0 bridgehead atoms. The molecule has 6 heteroatoms. The molecular formula is C15H19N3O3. The highest BCUT2D eigenvalue weighted by atomic mass is 16.5. The van der Waals surface area contributed by atoms with E-state index in [9.17, 15) is 4.79 Å². The first-order valence-corrected chi connectivity index (χ1v) is 6.76. The van der Waals surface area contributed by atoms with E-state index in [1.807, 2.05) is 31.2 Å². The van der Waals surface area contributed by atoms with E-state index in [1.54, 1.807) is 0 Å². The Morgan fingerprint density at radius 2 is 2.05 bits per heavy atom. The minimum Gasteiger partial charge on any atom is -0.489 e. The van der Waals surface area contributed by atoms with Crippen LogP contribution in [0.2, 0.25) is 0 Å². The number of ether oxygens (including phenoxy) is 2. The number of nitrogens with zero attached hydrogens (tertiary/aromatic N) is 1. The molecule has 1 aromatic carbocycles. The maximum atomic E-state index is 11.6. The van der Waals surface area contributed by atoms with E-state index in [0.717, 1.165) is 11.1 Å². The van der Waals surface area contributed by atoms with E-state index < -0.39 is 0 Å². The molecule has 0 aliphatic carbocycles. The molecule has 0 fully saturated rings. The second-order valence-corrected chi connectivity index (χ2v) is 4.37. The minimum atomic E-state index is -0.308. The van der Waals surface area contributed by atoms with E-state index in [0.29, 0.717) is 25.6 Å². The first kappa shape index (κ1) is 15.1. The van der Waals surface area contributed by atoms with Crippen LogP contribution in [0.5, 0.6) is 5.75 Å². The largest absolute Gasteiger partial charge is 0.489 e. The van der Waals surface area contributed by atoms with Gasteiger partial charge in [-0.1, -0.05) is 24.3 Å². The van der Waals surface area contributed by atoms with E-state index in [1.165, 1.54) is 13.4 Å². The van der Waals surface area contributed by atoms with E-state index >= 15 is 0 Å². The van der Waals surface area contributed by atoms with Crippen molar-refractivity contribution in [1.29, 1.82) is 0 Å². The van der Waals surface area contributed by atoms with Gasteiger partial charge in [-0.05, 0) is 18.1 Å². The molecule has 2 aromatic rings. The molecule has 0 saturated heterocycles. The standard InChI is InChI=1S/C15H19N3O3/c1-3-21-9-12-7-5-4-6-11(12)8-16-14-13(20-2)15(19)18-10-17-14/h4-7,10H,3,8-9H2,1-2H3,(H2,16,17,18,19). The summed E-state index contributed by atoms with van der Waals surface area (Å²) in [6, 6.07) is 7.98. The van der Waals surface area contributed by atoms with Crippen LogP contribution in [-0.4, -0.2) is 23.7 Å². The molecule has 0 aliphatic heterocycles. The van der Waals surface area contributed by atoms with Gasteiger partial charge in [0.1, 0.15) is 0 Å². The smallest absolute Gasteiger partial charge is 0.295 e. The molecule has 0 radical (unpaired) electrons. The van der Waals surface area contributed by atoms with Crippen LogP contribution in [0.15, 0.2) is 35.4 Å². The molecule has 21 heavy (non-hydrogen) atoms. The van der Waals surface area contributed by atoms with Crippen molar-refractivity contribution < 1.29 is 9.47 Å². The number of nitrogens with one attached hydrogen (secondary N) is 2. The molecule has 0 saturated carbocycles. The zero-order chi connectivity index (χ0) is 15.1. The van der Waals surface area contributed by atoms with Crippen LogP contribution in [0, 0.1) is 0 Å². The van der Waals surface area contributed by atoms with E-state index in [2.05, 4.69) is 15.3 Å². The first-order chi connectivity index (χ1) is 10.3. The molecule has 6 nitrogen and oxygen atoms in total. The molecule has 0 amide bonds.